The lowest BCUT2D eigenvalue weighted by molar-refractivity contribution is 0.0981. The first-order valence-electron chi connectivity index (χ1n) is 10.00. The van der Waals surface area contributed by atoms with Gasteiger partial charge in [-0.25, -0.2) is 4.98 Å². The van der Waals surface area contributed by atoms with Gasteiger partial charge >= 0.3 is 0 Å². The van der Waals surface area contributed by atoms with E-state index >= 15 is 0 Å². The van der Waals surface area contributed by atoms with Crippen molar-refractivity contribution in [3.05, 3.63) is 53.6 Å². The van der Waals surface area contributed by atoms with Crippen LogP contribution in [0, 0.1) is 0 Å². The van der Waals surface area contributed by atoms with Crippen LogP contribution in [-0.4, -0.2) is 55.4 Å². The Balaban J connectivity index is 0.00000341. The van der Waals surface area contributed by atoms with Crippen molar-refractivity contribution in [2.75, 3.05) is 38.7 Å². The fourth-order valence-electron chi connectivity index (χ4n) is 3.10. The van der Waals surface area contributed by atoms with Crippen molar-refractivity contribution in [3.8, 4) is 5.75 Å². The summed E-state index contributed by atoms with van der Waals surface area (Å²) in [7, 11) is 4.03. The second-order valence-electron chi connectivity index (χ2n) is 7.31. The molecule has 2 aromatic carbocycles. The summed E-state index contributed by atoms with van der Waals surface area (Å²) in [5.74, 6) is 0.659. The predicted octanol–water partition coefficient (Wildman–Crippen LogP) is 4.92. The molecular weight excluding hydrogens is 434 g/mol. The van der Waals surface area contributed by atoms with Crippen LogP contribution in [0.4, 0.5) is 5.13 Å². The highest BCUT2D eigenvalue weighted by Gasteiger charge is 2.21. The number of carbonyl (C=O) groups is 2. The monoisotopic (exact) mass is 461 g/mol. The van der Waals surface area contributed by atoms with Gasteiger partial charge < -0.3 is 9.64 Å². The lowest BCUT2D eigenvalue weighted by atomic mass is 10.1. The molecule has 3 rings (SSSR count). The molecule has 0 saturated heterocycles. The van der Waals surface area contributed by atoms with Gasteiger partial charge in [-0.15, -0.1) is 12.4 Å². The van der Waals surface area contributed by atoms with Gasteiger partial charge in [0.15, 0.2) is 10.9 Å². The topological polar surface area (TPSA) is 62.7 Å². The van der Waals surface area contributed by atoms with Crippen LogP contribution < -0.4 is 9.64 Å². The number of thiazole rings is 1. The van der Waals surface area contributed by atoms with Crippen LogP contribution in [0.2, 0.25) is 0 Å². The molecule has 3 aromatic rings. The second-order valence-corrected chi connectivity index (χ2v) is 8.32. The van der Waals surface area contributed by atoms with E-state index in [-0.39, 0.29) is 24.1 Å². The van der Waals surface area contributed by atoms with Crippen LogP contribution in [-0.2, 0) is 0 Å². The van der Waals surface area contributed by atoms with Gasteiger partial charge in [-0.05, 0) is 71.2 Å². The van der Waals surface area contributed by atoms with Crippen LogP contribution in [0.25, 0.3) is 10.2 Å². The minimum absolute atomic E-state index is 0. The molecule has 0 bridgehead atoms. The lowest BCUT2D eigenvalue weighted by Crippen LogP contribution is -2.33. The van der Waals surface area contributed by atoms with Gasteiger partial charge in [-0.2, -0.15) is 0 Å². The van der Waals surface area contributed by atoms with Crippen molar-refractivity contribution >= 4 is 50.8 Å². The average Bonchev–Trinajstić information content (AvgIpc) is 3.14. The summed E-state index contributed by atoms with van der Waals surface area (Å²) in [6.07, 6.45) is 0.824. The zero-order chi connectivity index (χ0) is 21.7. The van der Waals surface area contributed by atoms with Gasteiger partial charge in [0.2, 0.25) is 0 Å². The van der Waals surface area contributed by atoms with Gasteiger partial charge in [0.25, 0.3) is 5.91 Å². The first-order chi connectivity index (χ1) is 14.4. The predicted molar refractivity (Wildman–Crippen MR) is 129 cm³/mol. The Hall–Kier alpha value is -2.48. The Morgan fingerprint density at radius 1 is 1.03 bits per heavy atom. The number of benzene rings is 2. The Kier molecular flexibility index (Phi) is 8.98. The van der Waals surface area contributed by atoms with Crippen molar-refractivity contribution in [1.29, 1.82) is 0 Å². The highest BCUT2D eigenvalue weighted by atomic mass is 35.5. The third kappa shape index (κ3) is 6.26. The normalized spacial score (nSPS) is 10.7. The summed E-state index contributed by atoms with van der Waals surface area (Å²) in [4.78, 5) is 33.4. The van der Waals surface area contributed by atoms with Crippen LogP contribution >= 0.6 is 23.7 Å². The number of hydrogen-bond acceptors (Lipinski definition) is 6. The highest BCUT2D eigenvalue weighted by molar-refractivity contribution is 7.22. The maximum atomic E-state index is 13.3. The van der Waals surface area contributed by atoms with Crippen LogP contribution in [0.15, 0.2) is 42.5 Å². The maximum Gasteiger partial charge on any atom is 0.260 e. The minimum atomic E-state index is -0.118. The molecule has 0 N–H and O–H groups in total. The molecular formula is C23H28ClN3O3S. The van der Waals surface area contributed by atoms with Crippen molar-refractivity contribution in [2.45, 2.75) is 20.3 Å². The Labute approximate surface area is 193 Å². The van der Waals surface area contributed by atoms with Crippen molar-refractivity contribution < 1.29 is 14.3 Å². The number of fused-ring (bicyclic) bond motifs is 1. The zero-order valence-corrected chi connectivity index (χ0v) is 19.9. The molecule has 0 spiro atoms. The smallest absolute Gasteiger partial charge is 0.260 e. The number of nitrogens with zero attached hydrogens (tertiary/aromatic N) is 3. The van der Waals surface area contributed by atoms with E-state index in [0.717, 1.165) is 28.9 Å². The number of hydrogen-bond donors (Lipinski definition) is 0. The zero-order valence-electron chi connectivity index (χ0n) is 18.3. The summed E-state index contributed by atoms with van der Waals surface area (Å²) < 4.78 is 6.57. The number of carbonyl (C=O) groups excluding carboxylic acids is 2. The number of rotatable bonds is 9. The number of anilines is 1. The molecule has 0 radical (unpaired) electrons. The maximum absolute atomic E-state index is 13.3. The van der Waals surface area contributed by atoms with Gasteiger partial charge in [0.05, 0.1) is 16.8 Å². The van der Waals surface area contributed by atoms with Crippen LogP contribution in [0.3, 0.4) is 0 Å². The molecule has 1 amide bonds. The van der Waals surface area contributed by atoms with E-state index in [2.05, 4.69) is 4.90 Å². The standard InChI is InChI=1S/C23H27N3O3S.ClH/c1-5-29-19-11-12-20-21(15-19)30-23(24-20)26(14-6-13-25(3)4)22(28)18-9-7-17(8-10-18)16(2)27;/h7-12,15H,5-6,13-14H2,1-4H3;1H. The Bertz CT molecular complexity index is 1030. The van der Waals surface area contributed by atoms with E-state index < -0.39 is 0 Å². The fraction of sp³-hybridized carbons (Fsp3) is 0.348. The SMILES string of the molecule is CCOc1ccc2nc(N(CCCN(C)C)C(=O)c3ccc(C(C)=O)cc3)sc2c1.Cl. The number of ether oxygens (including phenoxy) is 1. The van der Waals surface area contributed by atoms with Crippen molar-refractivity contribution in [2.24, 2.45) is 0 Å². The Morgan fingerprint density at radius 2 is 1.71 bits per heavy atom. The fourth-order valence-corrected chi connectivity index (χ4v) is 4.12. The first-order valence-corrected chi connectivity index (χ1v) is 10.8. The molecule has 0 unspecified atom stereocenters. The van der Waals surface area contributed by atoms with Crippen LogP contribution in [0.1, 0.15) is 41.0 Å². The first kappa shape index (κ1) is 24.8. The lowest BCUT2D eigenvalue weighted by Gasteiger charge is -2.21. The number of Topliss-reactive ketones (excluding diaryl/α,β-unsaturated/α-hetero) is 1. The van der Waals surface area contributed by atoms with Crippen molar-refractivity contribution in [1.82, 2.24) is 9.88 Å². The molecule has 8 heteroatoms. The Morgan fingerprint density at radius 3 is 2.32 bits per heavy atom. The summed E-state index contributed by atoms with van der Waals surface area (Å²) in [5.41, 5.74) is 1.98. The molecule has 6 nitrogen and oxygen atoms in total. The van der Waals surface area contributed by atoms with E-state index in [9.17, 15) is 9.59 Å². The number of aromatic nitrogens is 1. The van der Waals surface area contributed by atoms with Gasteiger partial charge in [-0.3, -0.25) is 14.5 Å². The molecule has 166 valence electrons. The van der Waals surface area contributed by atoms with E-state index in [1.54, 1.807) is 29.2 Å². The largest absolute Gasteiger partial charge is 0.494 e. The molecule has 0 aliphatic rings. The summed E-state index contributed by atoms with van der Waals surface area (Å²) in [5, 5.41) is 0.665. The molecule has 31 heavy (non-hydrogen) atoms. The number of ketones is 1. The summed E-state index contributed by atoms with van der Waals surface area (Å²) in [6, 6.07) is 12.6. The number of amides is 1. The number of halogens is 1. The van der Waals surface area contributed by atoms with E-state index in [1.807, 2.05) is 39.2 Å². The molecule has 0 aliphatic carbocycles. The third-order valence-electron chi connectivity index (χ3n) is 4.66. The van der Waals surface area contributed by atoms with Gasteiger partial charge in [0, 0.05) is 17.7 Å². The molecule has 0 fully saturated rings. The van der Waals surface area contributed by atoms with Gasteiger partial charge in [-0.1, -0.05) is 23.5 Å². The minimum Gasteiger partial charge on any atom is -0.494 e. The molecule has 0 aliphatic heterocycles. The summed E-state index contributed by atoms with van der Waals surface area (Å²) >= 11 is 1.48. The van der Waals surface area contributed by atoms with Gasteiger partial charge in [0.1, 0.15) is 5.75 Å². The molecule has 0 atom stereocenters. The average molecular weight is 462 g/mol. The van der Waals surface area contributed by atoms with E-state index in [4.69, 9.17) is 9.72 Å². The van der Waals surface area contributed by atoms with E-state index in [0.29, 0.717) is 29.4 Å². The van der Waals surface area contributed by atoms with E-state index in [1.165, 1.54) is 18.3 Å². The second kappa shape index (κ2) is 11.2. The highest BCUT2D eigenvalue weighted by Crippen LogP contribution is 2.32. The summed E-state index contributed by atoms with van der Waals surface area (Å²) in [6.45, 7) is 5.49. The van der Waals surface area contributed by atoms with Crippen molar-refractivity contribution in [3.63, 3.8) is 0 Å². The molecule has 0 saturated carbocycles. The molecule has 1 aromatic heterocycles. The quantitative estimate of drug-likeness (QED) is 0.423. The van der Waals surface area contributed by atoms with Crippen LogP contribution in [0.5, 0.6) is 5.75 Å². The third-order valence-corrected chi connectivity index (χ3v) is 5.70. The molecule has 1 heterocycles.